The Labute approximate surface area is 142 Å². The fourth-order valence-corrected chi connectivity index (χ4v) is 4.56. The van der Waals surface area contributed by atoms with E-state index in [1.807, 2.05) is 4.68 Å². The molecule has 1 aromatic heterocycles. The predicted molar refractivity (Wildman–Crippen MR) is 89.3 cm³/mol. The molecule has 24 heavy (non-hydrogen) atoms. The summed E-state index contributed by atoms with van der Waals surface area (Å²) in [5.74, 6) is 0.845. The van der Waals surface area contributed by atoms with Gasteiger partial charge < -0.3 is 15.1 Å². The number of amides is 1. The first-order valence-electron chi connectivity index (χ1n) is 8.91. The lowest BCUT2D eigenvalue weighted by atomic mass is 9.79. The van der Waals surface area contributed by atoms with Crippen LogP contribution in [0.2, 0.25) is 0 Å². The van der Waals surface area contributed by atoms with Crippen molar-refractivity contribution in [1.82, 2.24) is 34.8 Å². The van der Waals surface area contributed by atoms with Gasteiger partial charge in [0.15, 0.2) is 0 Å². The number of fused-ring (bicyclic) bond motifs is 1. The van der Waals surface area contributed by atoms with Gasteiger partial charge in [0.25, 0.3) is 0 Å². The summed E-state index contributed by atoms with van der Waals surface area (Å²) in [6, 6.07) is 0. The zero-order valence-electron chi connectivity index (χ0n) is 14.4. The monoisotopic (exact) mass is 333 g/mol. The largest absolute Gasteiger partial charge is 0.340 e. The molecular weight excluding hydrogens is 306 g/mol. The summed E-state index contributed by atoms with van der Waals surface area (Å²) in [5.41, 5.74) is -0.183. The average molecular weight is 333 g/mol. The molecule has 0 unspecified atom stereocenters. The van der Waals surface area contributed by atoms with Crippen LogP contribution in [0.4, 0.5) is 0 Å². The molecule has 0 bridgehead atoms. The van der Waals surface area contributed by atoms with E-state index in [4.69, 9.17) is 0 Å². The molecule has 3 saturated heterocycles. The number of carbonyl (C=O) groups is 1. The lowest BCUT2D eigenvalue weighted by Crippen LogP contribution is -2.56. The minimum absolute atomic E-state index is 0.183. The number of carbonyl (C=O) groups excluding carboxylic acids is 1. The molecule has 1 amide bonds. The topological polar surface area (TPSA) is 69.5 Å². The van der Waals surface area contributed by atoms with Gasteiger partial charge in [0.1, 0.15) is 12.7 Å². The molecule has 8 nitrogen and oxygen atoms in total. The average Bonchev–Trinajstić information content (AvgIpc) is 3.28. The smallest absolute Gasteiger partial charge is 0.231 e. The van der Waals surface area contributed by atoms with Crippen LogP contribution >= 0.6 is 0 Å². The van der Waals surface area contributed by atoms with E-state index in [0.717, 1.165) is 65.4 Å². The summed E-state index contributed by atoms with van der Waals surface area (Å²) in [6.45, 7) is 9.16. The van der Waals surface area contributed by atoms with Crippen molar-refractivity contribution in [3.8, 4) is 0 Å². The van der Waals surface area contributed by atoms with E-state index < -0.39 is 0 Å². The second kappa shape index (κ2) is 6.42. The summed E-state index contributed by atoms with van der Waals surface area (Å²) in [4.78, 5) is 24.0. The molecule has 1 N–H and O–H groups in total. The molecule has 0 aromatic carbocycles. The number of nitrogens with one attached hydrogen (secondary N) is 1. The van der Waals surface area contributed by atoms with Gasteiger partial charge in [0, 0.05) is 64.8 Å². The third kappa shape index (κ3) is 2.82. The van der Waals surface area contributed by atoms with Crippen molar-refractivity contribution in [3.63, 3.8) is 0 Å². The van der Waals surface area contributed by atoms with Crippen LogP contribution in [0.1, 0.15) is 0 Å². The third-order valence-corrected chi connectivity index (χ3v) is 5.89. The quantitative estimate of drug-likeness (QED) is 0.729. The molecular formula is C16H27N7O. The second-order valence-electron chi connectivity index (χ2n) is 7.47. The highest BCUT2D eigenvalue weighted by Crippen LogP contribution is 2.40. The van der Waals surface area contributed by atoms with Gasteiger partial charge in [-0.15, -0.1) is 0 Å². The first-order chi connectivity index (χ1) is 11.7. The highest BCUT2D eigenvalue weighted by Gasteiger charge is 2.55. The molecule has 3 fully saturated rings. The van der Waals surface area contributed by atoms with E-state index in [9.17, 15) is 4.79 Å². The Kier molecular flexibility index (Phi) is 4.28. The predicted octanol–water partition coefficient (Wildman–Crippen LogP) is -1.43. The van der Waals surface area contributed by atoms with Crippen molar-refractivity contribution in [2.45, 2.75) is 6.54 Å². The highest BCUT2D eigenvalue weighted by molar-refractivity contribution is 5.84. The molecule has 0 spiro atoms. The SMILES string of the molecule is CN1C[C@H]2CNC[C@@]2(C(=O)N2CCN(CCn3cncn3)CC2)C1. The van der Waals surface area contributed by atoms with Gasteiger partial charge in [0.2, 0.25) is 5.91 Å². The lowest BCUT2D eigenvalue weighted by molar-refractivity contribution is -0.143. The van der Waals surface area contributed by atoms with E-state index in [2.05, 4.69) is 37.1 Å². The minimum Gasteiger partial charge on any atom is -0.340 e. The summed E-state index contributed by atoms with van der Waals surface area (Å²) in [7, 11) is 2.13. The van der Waals surface area contributed by atoms with Gasteiger partial charge in [0.05, 0.1) is 12.0 Å². The molecule has 0 aliphatic carbocycles. The van der Waals surface area contributed by atoms with E-state index in [1.165, 1.54) is 0 Å². The number of hydrogen-bond acceptors (Lipinski definition) is 6. The molecule has 3 aliphatic rings. The number of piperazine rings is 1. The number of hydrogen-bond donors (Lipinski definition) is 1. The van der Waals surface area contributed by atoms with Crippen molar-refractivity contribution in [3.05, 3.63) is 12.7 Å². The molecule has 2 atom stereocenters. The maximum Gasteiger partial charge on any atom is 0.231 e. The summed E-state index contributed by atoms with van der Waals surface area (Å²) in [5, 5.41) is 7.59. The maximum absolute atomic E-state index is 13.2. The summed E-state index contributed by atoms with van der Waals surface area (Å²) in [6.07, 6.45) is 3.32. The van der Waals surface area contributed by atoms with Crippen molar-refractivity contribution < 1.29 is 4.79 Å². The Balaban J connectivity index is 1.31. The molecule has 4 rings (SSSR count). The zero-order valence-corrected chi connectivity index (χ0v) is 14.4. The van der Waals surface area contributed by atoms with E-state index in [0.29, 0.717) is 11.8 Å². The molecule has 0 saturated carbocycles. The lowest BCUT2D eigenvalue weighted by Gasteiger charge is -2.39. The molecule has 0 radical (unpaired) electrons. The zero-order chi connectivity index (χ0) is 16.6. The van der Waals surface area contributed by atoms with Crippen LogP contribution in [0.25, 0.3) is 0 Å². The summed E-state index contributed by atoms with van der Waals surface area (Å²) >= 11 is 0. The van der Waals surface area contributed by atoms with Crippen LogP contribution in [0, 0.1) is 11.3 Å². The van der Waals surface area contributed by atoms with Gasteiger partial charge in [-0.3, -0.25) is 14.4 Å². The Hall–Kier alpha value is -1.51. The maximum atomic E-state index is 13.2. The number of aromatic nitrogens is 3. The molecule has 8 heteroatoms. The first kappa shape index (κ1) is 16.0. The Morgan fingerprint density at radius 1 is 1.29 bits per heavy atom. The number of nitrogens with zero attached hydrogens (tertiary/aromatic N) is 6. The van der Waals surface area contributed by atoms with Crippen molar-refractivity contribution in [2.24, 2.45) is 11.3 Å². The Bertz CT molecular complexity index is 569. The van der Waals surface area contributed by atoms with Crippen LogP contribution in [0.15, 0.2) is 12.7 Å². The molecule has 3 aliphatic heterocycles. The number of likely N-dealkylation sites (tertiary alicyclic amines) is 1. The van der Waals surface area contributed by atoms with Gasteiger partial charge >= 0.3 is 0 Å². The van der Waals surface area contributed by atoms with Crippen molar-refractivity contribution >= 4 is 5.91 Å². The van der Waals surface area contributed by atoms with Crippen LogP contribution in [0.3, 0.4) is 0 Å². The minimum atomic E-state index is -0.183. The highest BCUT2D eigenvalue weighted by atomic mass is 16.2. The van der Waals surface area contributed by atoms with Crippen LogP contribution < -0.4 is 5.32 Å². The fourth-order valence-electron chi connectivity index (χ4n) is 4.56. The van der Waals surface area contributed by atoms with Crippen LogP contribution in [-0.4, -0.2) is 101 Å². The molecule has 4 heterocycles. The van der Waals surface area contributed by atoms with Crippen LogP contribution in [0.5, 0.6) is 0 Å². The second-order valence-corrected chi connectivity index (χ2v) is 7.47. The van der Waals surface area contributed by atoms with Gasteiger partial charge in [-0.25, -0.2) is 4.98 Å². The van der Waals surface area contributed by atoms with Crippen molar-refractivity contribution in [2.75, 3.05) is 66.0 Å². The van der Waals surface area contributed by atoms with E-state index >= 15 is 0 Å². The van der Waals surface area contributed by atoms with E-state index in [1.54, 1.807) is 12.7 Å². The fraction of sp³-hybridized carbons (Fsp3) is 0.812. The van der Waals surface area contributed by atoms with Crippen LogP contribution in [-0.2, 0) is 11.3 Å². The van der Waals surface area contributed by atoms with E-state index in [-0.39, 0.29) is 5.41 Å². The normalized spacial score (nSPS) is 31.5. The van der Waals surface area contributed by atoms with Crippen molar-refractivity contribution in [1.29, 1.82) is 0 Å². The molecule has 132 valence electrons. The standard InChI is InChI=1S/C16H27N7O/c1-20-9-14-8-17-10-16(14,11-20)15(24)22-5-2-21(3-6-22)4-7-23-13-18-12-19-23/h12-14,17H,2-11H2,1H3/t14-,16-/m1/s1. The number of rotatable bonds is 4. The Morgan fingerprint density at radius 2 is 2.12 bits per heavy atom. The van der Waals surface area contributed by atoms with Gasteiger partial charge in [-0.2, -0.15) is 5.10 Å². The third-order valence-electron chi connectivity index (χ3n) is 5.89. The molecule has 1 aromatic rings. The van der Waals surface area contributed by atoms with Gasteiger partial charge in [-0.05, 0) is 7.05 Å². The Morgan fingerprint density at radius 3 is 2.88 bits per heavy atom. The summed E-state index contributed by atoms with van der Waals surface area (Å²) < 4.78 is 1.86. The first-order valence-corrected chi connectivity index (χ1v) is 8.91. The van der Waals surface area contributed by atoms with Gasteiger partial charge in [-0.1, -0.05) is 0 Å².